The molecule has 1 aliphatic heterocycles. The minimum absolute atomic E-state index is 0.116. The van der Waals surface area contributed by atoms with Crippen molar-refractivity contribution in [2.24, 2.45) is 5.92 Å². The van der Waals surface area contributed by atoms with Crippen LogP contribution in [0, 0.1) is 5.92 Å². The van der Waals surface area contributed by atoms with Crippen LogP contribution < -0.4 is 25.0 Å². The lowest BCUT2D eigenvalue weighted by molar-refractivity contribution is -0.124. The van der Waals surface area contributed by atoms with Crippen molar-refractivity contribution >= 4 is 17.7 Å². The molecule has 170 valence electrons. The Balaban J connectivity index is 1.77. The lowest BCUT2D eigenvalue weighted by Gasteiger charge is -2.23. The lowest BCUT2D eigenvalue weighted by Crippen LogP contribution is -2.22. The average Bonchev–Trinajstić information content (AvgIpc) is 3.27. The van der Waals surface area contributed by atoms with Crippen molar-refractivity contribution in [2.75, 3.05) is 25.3 Å². The molecule has 4 N–H and O–H groups in total. The Kier molecular flexibility index (Phi) is 7.90. The standard InChI is InChI=1S/C22H24N2O8/c1-14(5-8-20(26)24-28)21(15-3-2-4-17(11-15)29-10-9-25)32-22(27)23-16-6-7-18-19(12-16)31-13-30-18/h2-8,11-12,14,21,25,28H,9-10,13H2,1H3,(H,23,27)(H,24,26)/b8-5+/t14-,21-/m1/s1. The first-order valence-electron chi connectivity index (χ1n) is 9.83. The van der Waals surface area contributed by atoms with Crippen LogP contribution in [0.3, 0.4) is 0 Å². The molecule has 2 aromatic carbocycles. The zero-order valence-electron chi connectivity index (χ0n) is 17.3. The van der Waals surface area contributed by atoms with Crippen molar-refractivity contribution in [1.82, 2.24) is 5.48 Å². The van der Waals surface area contributed by atoms with Crippen molar-refractivity contribution in [3.8, 4) is 17.2 Å². The SMILES string of the molecule is C[C@H](/C=C/C(=O)NO)[C@@H](OC(=O)Nc1ccc2c(c1)OCO2)c1cccc(OCCO)c1. The maximum absolute atomic E-state index is 12.6. The van der Waals surface area contributed by atoms with Gasteiger partial charge in [-0.15, -0.1) is 0 Å². The van der Waals surface area contributed by atoms with Gasteiger partial charge in [0.1, 0.15) is 18.5 Å². The van der Waals surface area contributed by atoms with Crippen LogP contribution in [0.15, 0.2) is 54.6 Å². The van der Waals surface area contributed by atoms with Crippen LogP contribution >= 0.6 is 0 Å². The molecule has 1 aliphatic rings. The van der Waals surface area contributed by atoms with E-state index in [-0.39, 0.29) is 20.0 Å². The summed E-state index contributed by atoms with van der Waals surface area (Å²) < 4.78 is 21.7. The molecular weight excluding hydrogens is 420 g/mol. The number of nitrogens with one attached hydrogen (secondary N) is 2. The van der Waals surface area contributed by atoms with Gasteiger partial charge in [0.2, 0.25) is 6.79 Å². The Hall–Kier alpha value is -3.76. The topological polar surface area (TPSA) is 136 Å². The van der Waals surface area contributed by atoms with Crippen LogP contribution in [-0.2, 0) is 9.53 Å². The molecule has 0 spiro atoms. The molecule has 2 aromatic rings. The highest BCUT2D eigenvalue weighted by Crippen LogP contribution is 2.35. The van der Waals surface area contributed by atoms with E-state index in [1.807, 2.05) is 0 Å². The number of hydrogen-bond donors (Lipinski definition) is 4. The van der Waals surface area contributed by atoms with Crippen LogP contribution in [0.25, 0.3) is 0 Å². The molecule has 1 heterocycles. The zero-order chi connectivity index (χ0) is 22.9. The Morgan fingerprint density at radius 1 is 1.19 bits per heavy atom. The quantitative estimate of drug-likeness (QED) is 0.263. The van der Waals surface area contributed by atoms with Crippen molar-refractivity contribution in [2.45, 2.75) is 13.0 Å². The second-order valence-corrected chi connectivity index (χ2v) is 6.86. The summed E-state index contributed by atoms with van der Waals surface area (Å²) in [6.07, 6.45) is 1.14. The number of aliphatic hydroxyl groups is 1. The monoisotopic (exact) mass is 444 g/mol. The van der Waals surface area contributed by atoms with Crippen LogP contribution in [0.4, 0.5) is 10.5 Å². The fourth-order valence-electron chi connectivity index (χ4n) is 3.04. The van der Waals surface area contributed by atoms with E-state index in [4.69, 9.17) is 29.3 Å². The number of ether oxygens (including phenoxy) is 4. The molecule has 3 rings (SSSR count). The molecule has 10 heteroatoms. The van der Waals surface area contributed by atoms with Crippen molar-refractivity contribution in [3.63, 3.8) is 0 Å². The van der Waals surface area contributed by atoms with Gasteiger partial charge in [-0.3, -0.25) is 15.3 Å². The largest absolute Gasteiger partial charge is 0.491 e. The van der Waals surface area contributed by atoms with Gasteiger partial charge in [-0.2, -0.15) is 0 Å². The fraction of sp³-hybridized carbons (Fsp3) is 0.273. The van der Waals surface area contributed by atoms with E-state index in [0.717, 1.165) is 6.08 Å². The van der Waals surface area contributed by atoms with E-state index in [1.165, 1.54) is 11.6 Å². The highest BCUT2D eigenvalue weighted by Gasteiger charge is 2.24. The molecule has 0 aromatic heterocycles. The molecule has 0 unspecified atom stereocenters. The van der Waals surface area contributed by atoms with E-state index in [2.05, 4.69) is 5.32 Å². The number of benzene rings is 2. The zero-order valence-corrected chi connectivity index (χ0v) is 17.3. The smallest absolute Gasteiger partial charge is 0.412 e. The van der Waals surface area contributed by atoms with Crippen LogP contribution in [0.1, 0.15) is 18.6 Å². The summed E-state index contributed by atoms with van der Waals surface area (Å²) in [7, 11) is 0. The minimum Gasteiger partial charge on any atom is -0.491 e. The normalized spacial score (nSPS) is 14.0. The van der Waals surface area contributed by atoms with E-state index in [0.29, 0.717) is 28.5 Å². The number of hydrogen-bond acceptors (Lipinski definition) is 8. The Morgan fingerprint density at radius 2 is 2.00 bits per heavy atom. The van der Waals surface area contributed by atoms with Crippen molar-refractivity contribution in [3.05, 3.63) is 60.2 Å². The van der Waals surface area contributed by atoms with Crippen molar-refractivity contribution < 1.29 is 38.9 Å². The van der Waals surface area contributed by atoms with Gasteiger partial charge < -0.3 is 24.1 Å². The van der Waals surface area contributed by atoms with Gasteiger partial charge in [0.05, 0.1) is 6.61 Å². The van der Waals surface area contributed by atoms with Gasteiger partial charge in [0, 0.05) is 23.7 Å². The number of aliphatic hydroxyl groups excluding tert-OH is 1. The van der Waals surface area contributed by atoms with Gasteiger partial charge >= 0.3 is 6.09 Å². The summed E-state index contributed by atoms with van der Waals surface area (Å²) in [5.41, 5.74) is 2.59. The average molecular weight is 444 g/mol. The second kappa shape index (κ2) is 11.0. The van der Waals surface area contributed by atoms with Gasteiger partial charge in [-0.05, 0) is 29.8 Å². The third-order valence-corrected chi connectivity index (χ3v) is 4.54. The highest BCUT2D eigenvalue weighted by atomic mass is 16.7. The van der Waals surface area contributed by atoms with Gasteiger partial charge in [0.25, 0.3) is 5.91 Å². The summed E-state index contributed by atoms with van der Waals surface area (Å²) in [4.78, 5) is 24.0. The molecule has 0 aliphatic carbocycles. The molecule has 0 fully saturated rings. The maximum Gasteiger partial charge on any atom is 0.412 e. The fourth-order valence-corrected chi connectivity index (χ4v) is 3.04. The van der Waals surface area contributed by atoms with E-state index < -0.39 is 24.0 Å². The van der Waals surface area contributed by atoms with E-state index >= 15 is 0 Å². The molecule has 10 nitrogen and oxygen atoms in total. The van der Waals surface area contributed by atoms with E-state index in [1.54, 1.807) is 49.4 Å². The number of amides is 2. The highest BCUT2D eigenvalue weighted by molar-refractivity contribution is 5.86. The molecule has 0 radical (unpaired) electrons. The van der Waals surface area contributed by atoms with Gasteiger partial charge in [-0.25, -0.2) is 10.3 Å². The summed E-state index contributed by atoms with van der Waals surface area (Å²) in [5.74, 6) is 0.441. The summed E-state index contributed by atoms with van der Waals surface area (Å²) >= 11 is 0. The van der Waals surface area contributed by atoms with Gasteiger partial charge in [-0.1, -0.05) is 25.1 Å². The number of anilines is 1. The molecule has 32 heavy (non-hydrogen) atoms. The summed E-state index contributed by atoms with van der Waals surface area (Å²) in [6.45, 7) is 1.84. The summed E-state index contributed by atoms with van der Waals surface area (Å²) in [6, 6.07) is 11.8. The maximum atomic E-state index is 12.6. The first-order valence-corrected chi connectivity index (χ1v) is 9.83. The number of hydroxylamine groups is 1. The third kappa shape index (κ3) is 6.13. The van der Waals surface area contributed by atoms with Gasteiger partial charge in [0.15, 0.2) is 11.5 Å². The molecule has 0 bridgehead atoms. The number of fused-ring (bicyclic) bond motifs is 1. The minimum atomic E-state index is -0.788. The lowest BCUT2D eigenvalue weighted by atomic mass is 9.96. The van der Waals surface area contributed by atoms with E-state index in [9.17, 15) is 9.59 Å². The Bertz CT molecular complexity index is 978. The second-order valence-electron chi connectivity index (χ2n) is 6.86. The molecule has 0 saturated carbocycles. The molecule has 2 amide bonds. The third-order valence-electron chi connectivity index (χ3n) is 4.54. The predicted molar refractivity (Wildman–Crippen MR) is 113 cm³/mol. The Morgan fingerprint density at radius 3 is 2.78 bits per heavy atom. The molecule has 2 atom stereocenters. The summed E-state index contributed by atoms with van der Waals surface area (Å²) in [5, 5.41) is 20.3. The number of rotatable bonds is 9. The van der Waals surface area contributed by atoms with Crippen molar-refractivity contribution in [1.29, 1.82) is 0 Å². The number of carbonyl (C=O) groups excluding carboxylic acids is 2. The molecular formula is C22H24N2O8. The van der Waals surface area contributed by atoms with Crippen LogP contribution in [-0.4, -0.2) is 42.3 Å². The predicted octanol–water partition coefficient (Wildman–Crippen LogP) is 2.77. The number of carbonyl (C=O) groups is 2. The van der Waals surface area contributed by atoms with Crippen LogP contribution in [0.5, 0.6) is 17.2 Å². The van der Waals surface area contributed by atoms with Crippen LogP contribution in [0.2, 0.25) is 0 Å². The molecule has 0 saturated heterocycles. The first kappa shape index (κ1) is 22.9. The Labute approximate surface area is 184 Å². The first-order chi connectivity index (χ1) is 15.5.